The molecule has 3 N–H and O–H groups in total. The number of phenols is 1. The highest BCUT2D eigenvalue weighted by atomic mass is 79.9. The minimum atomic E-state index is -0.289. The van der Waals surface area contributed by atoms with Gasteiger partial charge in [-0.05, 0) is 28.9 Å². The number of nitrogens with one attached hydrogen (secondary N) is 2. The van der Waals surface area contributed by atoms with Crippen LogP contribution in [0.5, 0.6) is 5.75 Å². The van der Waals surface area contributed by atoms with Crippen molar-refractivity contribution in [3.8, 4) is 5.75 Å². The first-order chi connectivity index (χ1) is 7.56. The Hall–Kier alpha value is -0.780. The van der Waals surface area contributed by atoms with E-state index < -0.39 is 0 Å². The van der Waals surface area contributed by atoms with E-state index in [1.54, 1.807) is 20.0 Å². The predicted molar refractivity (Wildman–Crippen MR) is 73.4 cm³/mol. The van der Waals surface area contributed by atoms with Crippen LogP contribution in [-0.2, 0) is 11.3 Å². The lowest BCUT2D eigenvalue weighted by Crippen LogP contribution is -2.40. The zero-order chi connectivity index (χ0) is 12.1. The summed E-state index contributed by atoms with van der Waals surface area (Å²) in [5, 5.41) is 15.3. The molecule has 0 aromatic heterocycles. The van der Waals surface area contributed by atoms with Crippen LogP contribution in [0.4, 0.5) is 0 Å². The van der Waals surface area contributed by atoms with E-state index in [1.165, 1.54) is 0 Å². The third kappa shape index (κ3) is 4.53. The first kappa shape index (κ1) is 16.2. The number of rotatable bonds is 4. The Morgan fingerprint density at radius 2 is 2.18 bits per heavy atom. The van der Waals surface area contributed by atoms with Crippen LogP contribution in [-0.4, -0.2) is 24.1 Å². The Kier molecular flexibility index (Phi) is 7.18. The summed E-state index contributed by atoms with van der Waals surface area (Å²) in [6, 6.07) is 5.12. The van der Waals surface area contributed by atoms with Crippen molar-refractivity contribution in [2.75, 3.05) is 7.05 Å². The molecule has 0 bridgehead atoms. The van der Waals surface area contributed by atoms with Crippen molar-refractivity contribution in [3.63, 3.8) is 0 Å². The number of hydrogen-bond donors (Lipinski definition) is 3. The van der Waals surface area contributed by atoms with Gasteiger partial charge in [-0.1, -0.05) is 12.1 Å². The Balaban J connectivity index is 0.00000256. The van der Waals surface area contributed by atoms with Crippen LogP contribution in [0.3, 0.4) is 0 Å². The van der Waals surface area contributed by atoms with Crippen molar-refractivity contribution in [2.45, 2.75) is 19.5 Å². The van der Waals surface area contributed by atoms with E-state index in [4.69, 9.17) is 0 Å². The summed E-state index contributed by atoms with van der Waals surface area (Å²) in [7, 11) is 1.59. The van der Waals surface area contributed by atoms with E-state index in [1.807, 2.05) is 12.1 Å². The lowest BCUT2D eigenvalue weighted by atomic mass is 10.2. The second-order valence-electron chi connectivity index (χ2n) is 3.46. The van der Waals surface area contributed by atoms with E-state index in [0.717, 1.165) is 5.56 Å². The second-order valence-corrected chi connectivity index (χ2v) is 4.32. The average Bonchev–Trinajstić information content (AvgIpc) is 2.29. The molecular formula is C11H16BrClN2O2. The van der Waals surface area contributed by atoms with Gasteiger partial charge in [-0.15, -0.1) is 12.4 Å². The number of likely N-dealkylation sites (N-methyl/N-ethyl adjacent to an activating group) is 1. The molecule has 1 aromatic rings. The molecule has 0 aliphatic carbocycles. The van der Waals surface area contributed by atoms with Crippen LogP contribution in [0.2, 0.25) is 0 Å². The molecule has 0 heterocycles. The molecule has 0 spiro atoms. The molecule has 1 aromatic carbocycles. The van der Waals surface area contributed by atoms with Gasteiger partial charge in [-0.3, -0.25) is 4.79 Å². The molecule has 0 aliphatic heterocycles. The van der Waals surface area contributed by atoms with Crippen molar-refractivity contribution in [1.29, 1.82) is 0 Å². The SMILES string of the molecule is CNC(=O)[C@@H](C)NCc1cccc(Br)c1O.Cl. The average molecular weight is 324 g/mol. The highest BCUT2D eigenvalue weighted by Gasteiger charge is 2.11. The largest absolute Gasteiger partial charge is 0.506 e. The summed E-state index contributed by atoms with van der Waals surface area (Å²) in [5.74, 6) is 0.133. The normalized spacial score (nSPS) is 11.5. The van der Waals surface area contributed by atoms with Gasteiger partial charge >= 0.3 is 0 Å². The molecule has 0 saturated heterocycles. The van der Waals surface area contributed by atoms with Crippen LogP contribution >= 0.6 is 28.3 Å². The Bertz CT molecular complexity index is 388. The molecule has 17 heavy (non-hydrogen) atoms. The van der Waals surface area contributed by atoms with Gasteiger partial charge in [0.25, 0.3) is 0 Å². The van der Waals surface area contributed by atoms with E-state index >= 15 is 0 Å². The minimum Gasteiger partial charge on any atom is -0.506 e. The molecule has 4 nitrogen and oxygen atoms in total. The maximum Gasteiger partial charge on any atom is 0.236 e. The van der Waals surface area contributed by atoms with E-state index in [-0.39, 0.29) is 30.1 Å². The quantitative estimate of drug-likeness (QED) is 0.792. The third-order valence-electron chi connectivity index (χ3n) is 2.31. The fraction of sp³-hybridized carbons (Fsp3) is 0.364. The zero-order valence-corrected chi connectivity index (χ0v) is 12.1. The summed E-state index contributed by atoms with van der Waals surface area (Å²) < 4.78 is 0.652. The third-order valence-corrected chi connectivity index (χ3v) is 2.95. The van der Waals surface area contributed by atoms with Gasteiger partial charge in [0.2, 0.25) is 5.91 Å². The van der Waals surface area contributed by atoms with Crippen molar-refractivity contribution in [2.24, 2.45) is 0 Å². The number of hydrogen-bond acceptors (Lipinski definition) is 3. The monoisotopic (exact) mass is 322 g/mol. The lowest BCUT2D eigenvalue weighted by molar-refractivity contribution is -0.122. The van der Waals surface area contributed by atoms with Crippen LogP contribution in [0, 0.1) is 0 Å². The van der Waals surface area contributed by atoms with E-state index in [0.29, 0.717) is 11.0 Å². The summed E-state index contributed by atoms with van der Waals surface area (Å²) in [6.45, 7) is 2.22. The number of para-hydroxylation sites is 1. The van der Waals surface area contributed by atoms with Gasteiger partial charge in [-0.25, -0.2) is 0 Å². The standard InChI is InChI=1S/C11H15BrN2O2.ClH/c1-7(11(16)13-2)14-6-8-4-3-5-9(12)10(8)15;/h3-5,7,14-15H,6H2,1-2H3,(H,13,16);1H/t7-;/m1./s1. The fourth-order valence-electron chi connectivity index (χ4n) is 1.27. The van der Waals surface area contributed by atoms with Crippen LogP contribution in [0.1, 0.15) is 12.5 Å². The zero-order valence-electron chi connectivity index (χ0n) is 9.66. The van der Waals surface area contributed by atoms with Crippen molar-refractivity contribution in [3.05, 3.63) is 28.2 Å². The van der Waals surface area contributed by atoms with Gasteiger partial charge in [0, 0.05) is 19.2 Å². The van der Waals surface area contributed by atoms with Gasteiger partial charge in [0.05, 0.1) is 10.5 Å². The number of phenolic OH excluding ortho intramolecular Hbond substituents is 1. The number of aromatic hydroxyl groups is 1. The maximum absolute atomic E-state index is 11.2. The summed E-state index contributed by atoms with van der Waals surface area (Å²) in [4.78, 5) is 11.2. The van der Waals surface area contributed by atoms with Crippen molar-refractivity contribution >= 4 is 34.2 Å². The van der Waals surface area contributed by atoms with Gasteiger partial charge in [0.15, 0.2) is 0 Å². The number of benzene rings is 1. The first-order valence-corrected chi connectivity index (χ1v) is 5.77. The van der Waals surface area contributed by atoms with Crippen LogP contribution in [0.15, 0.2) is 22.7 Å². The van der Waals surface area contributed by atoms with Crippen LogP contribution in [0.25, 0.3) is 0 Å². The molecule has 0 unspecified atom stereocenters. The molecule has 0 fully saturated rings. The molecule has 6 heteroatoms. The molecule has 1 atom stereocenters. The minimum absolute atomic E-state index is 0. The molecule has 0 saturated carbocycles. The van der Waals surface area contributed by atoms with Gasteiger partial charge < -0.3 is 15.7 Å². The molecular weight excluding hydrogens is 307 g/mol. The van der Waals surface area contributed by atoms with E-state index in [9.17, 15) is 9.90 Å². The Morgan fingerprint density at radius 1 is 1.53 bits per heavy atom. The molecule has 1 amide bonds. The van der Waals surface area contributed by atoms with Gasteiger partial charge in [0.1, 0.15) is 5.75 Å². The molecule has 96 valence electrons. The lowest BCUT2D eigenvalue weighted by Gasteiger charge is -2.13. The second kappa shape index (κ2) is 7.53. The number of halogens is 2. The smallest absolute Gasteiger partial charge is 0.236 e. The number of carbonyl (C=O) groups is 1. The van der Waals surface area contributed by atoms with Crippen molar-refractivity contribution in [1.82, 2.24) is 10.6 Å². The topological polar surface area (TPSA) is 61.4 Å². The maximum atomic E-state index is 11.2. The molecule has 0 aliphatic rings. The molecule has 1 rings (SSSR count). The summed E-state index contributed by atoms with van der Waals surface area (Å²) in [5.41, 5.74) is 0.755. The van der Waals surface area contributed by atoms with Gasteiger partial charge in [-0.2, -0.15) is 0 Å². The number of carbonyl (C=O) groups excluding carboxylic acids is 1. The fourth-order valence-corrected chi connectivity index (χ4v) is 1.68. The molecule has 0 radical (unpaired) electrons. The Labute approximate surface area is 115 Å². The van der Waals surface area contributed by atoms with Crippen molar-refractivity contribution < 1.29 is 9.90 Å². The number of amides is 1. The van der Waals surface area contributed by atoms with Crippen LogP contribution < -0.4 is 10.6 Å². The predicted octanol–water partition coefficient (Wildman–Crippen LogP) is 1.80. The summed E-state index contributed by atoms with van der Waals surface area (Å²) >= 11 is 3.24. The highest BCUT2D eigenvalue weighted by Crippen LogP contribution is 2.27. The summed E-state index contributed by atoms with van der Waals surface area (Å²) in [6.07, 6.45) is 0. The van der Waals surface area contributed by atoms with E-state index in [2.05, 4.69) is 26.6 Å². The highest BCUT2D eigenvalue weighted by molar-refractivity contribution is 9.10. The Morgan fingerprint density at radius 3 is 2.76 bits per heavy atom. The first-order valence-electron chi connectivity index (χ1n) is 4.97.